The maximum Gasteiger partial charge on any atom is 0.203 e. The van der Waals surface area contributed by atoms with Crippen LogP contribution < -0.4 is 19.5 Å². The monoisotopic (exact) mass is 295 g/mol. The molecule has 1 aromatic rings. The summed E-state index contributed by atoms with van der Waals surface area (Å²) >= 11 is 0. The van der Waals surface area contributed by atoms with Crippen LogP contribution in [0.15, 0.2) is 12.1 Å². The number of benzene rings is 1. The third-order valence-electron chi connectivity index (χ3n) is 3.92. The van der Waals surface area contributed by atoms with E-state index < -0.39 is 0 Å². The van der Waals surface area contributed by atoms with E-state index in [1.807, 2.05) is 12.1 Å². The van der Waals surface area contributed by atoms with Gasteiger partial charge in [0.05, 0.1) is 27.9 Å². The van der Waals surface area contributed by atoms with Crippen molar-refractivity contribution in [2.24, 2.45) is 5.92 Å². The Morgan fingerprint density at radius 3 is 2.33 bits per heavy atom. The van der Waals surface area contributed by atoms with Gasteiger partial charge in [-0.2, -0.15) is 0 Å². The van der Waals surface area contributed by atoms with Gasteiger partial charge in [0, 0.05) is 19.2 Å². The molecule has 5 nitrogen and oxygen atoms in total. The Labute approximate surface area is 126 Å². The van der Waals surface area contributed by atoms with Crippen LogP contribution >= 0.6 is 0 Å². The summed E-state index contributed by atoms with van der Waals surface area (Å²) in [6.45, 7) is 4.83. The second-order valence-electron chi connectivity index (χ2n) is 5.32. The molecule has 118 valence electrons. The molecule has 0 amide bonds. The number of ether oxygens (including phenoxy) is 4. The number of nitrogens with one attached hydrogen (secondary N) is 1. The van der Waals surface area contributed by atoms with E-state index in [9.17, 15) is 0 Å². The molecule has 1 aromatic carbocycles. The average Bonchev–Trinajstić information content (AvgIpc) is 3.04. The fourth-order valence-corrected chi connectivity index (χ4v) is 2.56. The first-order valence-electron chi connectivity index (χ1n) is 7.30. The molecule has 2 rings (SSSR count). The summed E-state index contributed by atoms with van der Waals surface area (Å²) in [5.74, 6) is 2.60. The van der Waals surface area contributed by atoms with Crippen molar-refractivity contribution in [3.63, 3.8) is 0 Å². The first-order chi connectivity index (χ1) is 10.2. The van der Waals surface area contributed by atoms with Crippen LogP contribution in [0.1, 0.15) is 24.9 Å². The van der Waals surface area contributed by atoms with E-state index in [1.165, 1.54) is 0 Å². The highest BCUT2D eigenvalue weighted by molar-refractivity contribution is 5.54. The minimum absolute atomic E-state index is 0.208. The molecule has 0 saturated carbocycles. The lowest BCUT2D eigenvalue weighted by molar-refractivity contribution is 0.184. The van der Waals surface area contributed by atoms with Gasteiger partial charge < -0.3 is 24.3 Å². The average molecular weight is 295 g/mol. The van der Waals surface area contributed by atoms with Gasteiger partial charge in [-0.05, 0) is 37.0 Å². The van der Waals surface area contributed by atoms with Crippen LogP contribution in [-0.4, -0.2) is 41.1 Å². The highest BCUT2D eigenvalue weighted by atomic mass is 16.5. The molecule has 0 aliphatic carbocycles. The molecule has 1 saturated heterocycles. The maximum absolute atomic E-state index is 5.40. The largest absolute Gasteiger partial charge is 0.493 e. The van der Waals surface area contributed by atoms with Crippen LogP contribution in [0.2, 0.25) is 0 Å². The van der Waals surface area contributed by atoms with Gasteiger partial charge in [-0.3, -0.25) is 0 Å². The Balaban J connectivity index is 2.10. The first kappa shape index (κ1) is 15.9. The first-order valence-corrected chi connectivity index (χ1v) is 7.30. The molecule has 5 heteroatoms. The van der Waals surface area contributed by atoms with E-state index in [2.05, 4.69) is 12.2 Å². The molecule has 2 atom stereocenters. The van der Waals surface area contributed by atoms with E-state index in [0.29, 0.717) is 23.2 Å². The molecule has 1 fully saturated rings. The fraction of sp³-hybridized carbons (Fsp3) is 0.625. The number of rotatable bonds is 7. The highest BCUT2D eigenvalue weighted by Gasteiger charge is 2.19. The SMILES string of the molecule is COc1cc(C(C)NCC2CCOC2)cc(OC)c1OC. The predicted octanol–water partition coefficient (Wildman–Crippen LogP) is 2.40. The van der Waals surface area contributed by atoms with Gasteiger partial charge in [0.15, 0.2) is 11.5 Å². The molecule has 0 bridgehead atoms. The van der Waals surface area contributed by atoms with Gasteiger partial charge in [-0.1, -0.05) is 0 Å². The van der Waals surface area contributed by atoms with Gasteiger partial charge in [0.1, 0.15) is 0 Å². The summed E-state index contributed by atoms with van der Waals surface area (Å²) in [5.41, 5.74) is 1.11. The Bertz CT molecular complexity index is 433. The molecular weight excluding hydrogens is 270 g/mol. The lowest BCUT2D eigenvalue weighted by Gasteiger charge is -2.20. The van der Waals surface area contributed by atoms with Crippen molar-refractivity contribution in [2.45, 2.75) is 19.4 Å². The van der Waals surface area contributed by atoms with E-state index in [1.54, 1.807) is 21.3 Å². The van der Waals surface area contributed by atoms with Gasteiger partial charge in [-0.25, -0.2) is 0 Å². The normalized spacial score (nSPS) is 19.3. The smallest absolute Gasteiger partial charge is 0.203 e. The molecule has 0 spiro atoms. The lowest BCUT2D eigenvalue weighted by Crippen LogP contribution is -2.26. The van der Waals surface area contributed by atoms with E-state index >= 15 is 0 Å². The van der Waals surface area contributed by atoms with Crippen molar-refractivity contribution >= 4 is 0 Å². The Kier molecular flexibility index (Phi) is 5.70. The standard InChI is InChI=1S/C16H25NO4/c1-11(17-9-12-5-6-21-10-12)13-7-14(18-2)16(20-4)15(8-13)19-3/h7-8,11-12,17H,5-6,9-10H2,1-4H3. The number of hydrogen-bond acceptors (Lipinski definition) is 5. The minimum atomic E-state index is 0.208. The molecular formula is C16H25NO4. The maximum atomic E-state index is 5.40. The summed E-state index contributed by atoms with van der Waals surface area (Å²) < 4.78 is 21.5. The summed E-state index contributed by atoms with van der Waals surface area (Å²) in [4.78, 5) is 0. The van der Waals surface area contributed by atoms with Crippen LogP contribution in [0, 0.1) is 5.92 Å². The zero-order valence-electron chi connectivity index (χ0n) is 13.3. The van der Waals surface area contributed by atoms with Gasteiger partial charge in [0.2, 0.25) is 5.75 Å². The quantitative estimate of drug-likeness (QED) is 0.837. The van der Waals surface area contributed by atoms with Crippen LogP contribution in [0.4, 0.5) is 0 Å². The Morgan fingerprint density at radius 2 is 1.86 bits per heavy atom. The zero-order valence-corrected chi connectivity index (χ0v) is 13.3. The van der Waals surface area contributed by atoms with E-state index in [-0.39, 0.29) is 6.04 Å². The van der Waals surface area contributed by atoms with Crippen molar-refractivity contribution < 1.29 is 18.9 Å². The van der Waals surface area contributed by atoms with Crippen molar-refractivity contribution in [1.29, 1.82) is 0 Å². The molecule has 0 aromatic heterocycles. The molecule has 1 aliphatic rings. The second-order valence-corrected chi connectivity index (χ2v) is 5.32. The Hall–Kier alpha value is -1.46. The molecule has 1 aliphatic heterocycles. The topological polar surface area (TPSA) is 49.0 Å². The van der Waals surface area contributed by atoms with Crippen molar-refractivity contribution in [1.82, 2.24) is 5.32 Å². The van der Waals surface area contributed by atoms with Crippen molar-refractivity contribution in [3.05, 3.63) is 17.7 Å². The van der Waals surface area contributed by atoms with Crippen LogP contribution in [0.5, 0.6) is 17.2 Å². The predicted molar refractivity (Wildman–Crippen MR) is 81.4 cm³/mol. The highest BCUT2D eigenvalue weighted by Crippen LogP contribution is 2.39. The third kappa shape index (κ3) is 3.80. The third-order valence-corrected chi connectivity index (χ3v) is 3.92. The zero-order chi connectivity index (χ0) is 15.2. The van der Waals surface area contributed by atoms with Gasteiger partial charge in [-0.15, -0.1) is 0 Å². The molecule has 1 heterocycles. The Morgan fingerprint density at radius 1 is 1.19 bits per heavy atom. The fourth-order valence-electron chi connectivity index (χ4n) is 2.56. The van der Waals surface area contributed by atoms with E-state index in [0.717, 1.165) is 31.7 Å². The van der Waals surface area contributed by atoms with Crippen LogP contribution in [0.3, 0.4) is 0 Å². The van der Waals surface area contributed by atoms with E-state index in [4.69, 9.17) is 18.9 Å². The second kappa shape index (κ2) is 7.52. The summed E-state index contributed by atoms with van der Waals surface area (Å²) in [6.07, 6.45) is 1.13. The lowest BCUT2D eigenvalue weighted by atomic mass is 10.0. The summed E-state index contributed by atoms with van der Waals surface area (Å²) in [6, 6.07) is 4.19. The van der Waals surface area contributed by atoms with Gasteiger partial charge in [0.25, 0.3) is 0 Å². The molecule has 21 heavy (non-hydrogen) atoms. The summed E-state index contributed by atoms with van der Waals surface area (Å²) in [5, 5.41) is 3.55. The molecule has 0 radical (unpaired) electrons. The molecule has 2 unspecified atom stereocenters. The number of methoxy groups -OCH3 is 3. The number of hydrogen-bond donors (Lipinski definition) is 1. The van der Waals surface area contributed by atoms with Gasteiger partial charge >= 0.3 is 0 Å². The van der Waals surface area contributed by atoms with Crippen molar-refractivity contribution in [2.75, 3.05) is 41.1 Å². The summed E-state index contributed by atoms with van der Waals surface area (Å²) in [7, 11) is 4.88. The van der Waals surface area contributed by atoms with Crippen LogP contribution in [0.25, 0.3) is 0 Å². The van der Waals surface area contributed by atoms with Crippen molar-refractivity contribution in [3.8, 4) is 17.2 Å². The molecule has 1 N–H and O–H groups in total. The minimum Gasteiger partial charge on any atom is -0.493 e. The van der Waals surface area contributed by atoms with Crippen LogP contribution in [-0.2, 0) is 4.74 Å².